The van der Waals surface area contributed by atoms with Crippen LogP contribution in [0.25, 0.3) is 11.5 Å². The van der Waals surface area contributed by atoms with Crippen molar-refractivity contribution < 1.29 is 18.3 Å². The summed E-state index contributed by atoms with van der Waals surface area (Å²) in [4.78, 5) is 14.7. The smallest absolute Gasteiger partial charge is 0.319 e. The summed E-state index contributed by atoms with van der Waals surface area (Å²) in [6, 6.07) is 2.09. The average Bonchev–Trinajstić information content (AvgIpc) is 2.44. The van der Waals surface area contributed by atoms with E-state index in [1.807, 2.05) is 0 Å². The topological polar surface area (TPSA) is 83.8 Å². The Bertz CT molecular complexity index is 631. The first kappa shape index (κ1) is 15.2. The molecule has 21 heavy (non-hydrogen) atoms. The molecule has 2 N–H and O–H groups in total. The van der Waals surface area contributed by atoms with Crippen LogP contribution in [0.2, 0.25) is 5.15 Å². The largest absolute Gasteiger partial charge is 0.479 e. The number of nitrogens with one attached hydrogen (secondary N) is 1. The lowest BCUT2D eigenvalue weighted by Gasteiger charge is -2.14. The number of hydrogen-bond acceptors (Lipinski definition) is 6. The zero-order valence-corrected chi connectivity index (χ0v) is 11.1. The molecule has 0 amide bonds. The minimum atomic E-state index is -2.96. The molecule has 2 aromatic rings. The van der Waals surface area contributed by atoms with Gasteiger partial charge in [-0.25, -0.2) is 18.2 Å². The van der Waals surface area contributed by atoms with E-state index in [9.17, 15) is 18.3 Å². The van der Waals surface area contributed by atoms with Crippen LogP contribution in [0.5, 0.6) is 6.01 Å². The molecule has 1 unspecified atom stereocenters. The molecule has 112 valence electrons. The van der Waals surface area contributed by atoms with Gasteiger partial charge in [0, 0.05) is 0 Å². The molecule has 0 spiro atoms. The lowest BCUT2D eigenvalue weighted by atomic mass is 10.3. The van der Waals surface area contributed by atoms with Crippen molar-refractivity contribution in [1.29, 1.82) is 0 Å². The van der Waals surface area contributed by atoms with E-state index in [2.05, 4.69) is 25.3 Å². The van der Waals surface area contributed by atoms with E-state index < -0.39 is 25.2 Å². The molecule has 2 rings (SSSR count). The molecular weight excluding hydrogens is 311 g/mol. The molecule has 10 heteroatoms. The normalized spacial score (nSPS) is 12.4. The van der Waals surface area contributed by atoms with Crippen LogP contribution >= 0.6 is 11.6 Å². The Kier molecular flexibility index (Phi) is 4.73. The van der Waals surface area contributed by atoms with Crippen molar-refractivity contribution in [3.63, 3.8) is 0 Å². The van der Waals surface area contributed by atoms with E-state index in [1.54, 1.807) is 6.07 Å². The molecule has 0 fully saturated rings. The maximum atomic E-state index is 12.5. The summed E-state index contributed by atoms with van der Waals surface area (Å²) in [7, 11) is 0. The summed E-state index contributed by atoms with van der Waals surface area (Å²) in [5, 5.41) is 11.7. The molecule has 0 aliphatic heterocycles. The van der Waals surface area contributed by atoms with Crippen molar-refractivity contribution in [1.82, 2.24) is 19.9 Å². The van der Waals surface area contributed by atoms with Gasteiger partial charge in [-0.05, 0) is 12.1 Å². The predicted molar refractivity (Wildman–Crippen MR) is 69.1 cm³/mol. The van der Waals surface area contributed by atoms with Crippen molar-refractivity contribution in [2.45, 2.75) is 12.5 Å². The van der Waals surface area contributed by atoms with Crippen molar-refractivity contribution in [3.8, 4) is 17.5 Å². The predicted octanol–water partition coefficient (Wildman–Crippen LogP) is 2.31. The fraction of sp³-hybridized carbons (Fsp3) is 0.273. The lowest BCUT2D eigenvalue weighted by Crippen LogP contribution is -2.30. The zero-order chi connectivity index (χ0) is 15.4. The van der Waals surface area contributed by atoms with Crippen LogP contribution in [0, 0.1) is 0 Å². The first-order chi connectivity index (χ1) is 9.99. The van der Waals surface area contributed by atoms with Crippen LogP contribution in [-0.2, 0) is 0 Å². The van der Waals surface area contributed by atoms with Gasteiger partial charge in [0.1, 0.15) is 23.6 Å². The summed E-state index contributed by atoms with van der Waals surface area (Å²) in [6.45, 7) is -1.32. The SMILES string of the molecule is Oc1nc(NC(CF)C(F)F)nc(-c2cccc(Cl)n2)n1. The number of rotatable bonds is 5. The number of alkyl halides is 3. The maximum Gasteiger partial charge on any atom is 0.319 e. The summed E-state index contributed by atoms with van der Waals surface area (Å²) in [6.07, 6.45) is -2.96. The highest BCUT2D eigenvalue weighted by molar-refractivity contribution is 6.29. The summed E-state index contributed by atoms with van der Waals surface area (Å²) in [5.74, 6) is -0.471. The molecule has 0 saturated heterocycles. The van der Waals surface area contributed by atoms with E-state index in [0.29, 0.717) is 0 Å². The number of anilines is 1. The molecule has 6 nitrogen and oxygen atoms in total. The molecule has 0 bridgehead atoms. The molecule has 0 aliphatic carbocycles. The van der Waals surface area contributed by atoms with E-state index in [0.717, 1.165) is 0 Å². The van der Waals surface area contributed by atoms with Gasteiger partial charge in [-0.2, -0.15) is 15.0 Å². The first-order valence-electron chi connectivity index (χ1n) is 5.68. The van der Waals surface area contributed by atoms with Crippen LogP contribution in [0.3, 0.4) is 0 Å². The molecule has 0 aromatic carbocycles. The van der Waals surface area contributed by atoms with E-state index in [-0.39, 0.29) is 22.6 Å². The summed E-state index contributed by atoms with van der Waals surface area (Å²) < 4.78 is 37.5. The van der Waals surface area contributed by atoms with Gasteiger partial charge >= 0.3 is 6.01 Å². The number of aromatic nitrogens is 4. The fourth-order valence-corrected chi connectivity index (χ4v) is 1.58. The third kappa shape index (κ3) is 3.91. The highest BCUT2D eigenvalue weighted by Gasteiger charge is 2.22. The lowest BCUT2D eigenvalue weighted by molar-refractivity contribution is 0.112. The Morgan fingerprint density at radius 3 is 2.57 bits per heavy atom. The van der Waals surface area contributed by atoms with Crippen LogP contribution in [0.15, 0.2) is 18.2 Å². The Morgan fingerprint density at radius 1 is 1.19 bits per heavy atom. The first-order valence-corrected chi connectivity index (χ1v) is 6.06. The second-order valence-electron chi connectivity index (χ2n) is 3.87. The highest BCUT2D eigenvalue weighted by atomic mass is 35.5. The molecule has 2 aromatic heterocycles. The van der Waals surface area contributed by atoms with E-state index >= 15 is 0 Å². The number of halogens is 4. The second kappa shape index (κ2) is 6.53. The average molecular weight is 320 g/mol. The van der Waals surface area contributed by atoms with Crippen LogP contribution in [-0.4, -0.2) is 44.2 Å². The molecule has 2 heterocycles. The molecule has 1 atom stereocenters. The Hall–Kier alpha value is -2.16. The van der Waals surface area contributed by atoms with Crippen LogP contribution < -0.4 is 5.32 Å². The van der Waals surface area contributed by atoms with Crippen LogP contribution in [0.4, 0.5) is 19.1 Å². The van der Waals surface area contributed by atoms with Crippen molar-refractivity contribution >= 4 is 17.5 Å². The molecule has 0 radical (unpaired) electrons. The van der Waals surface area contributed by atoms with Gasteiger partial charge in [0.15, 0.2) is 5.82 Å². The van der Waals surface area contributed by atoms with Gasteiger partial charge in [0.2, 0.25) is 5.95 Å². The van der Waals surface area contributed by atoms with Gasteiger partial charge in [-0.15, -0.1) is 0 Å². The van der Waals surface area contributed by atoms with Crippen molar-refractivity contribution in [2.75, 3.05) is 12.0 Å². The third-order valence-electron chi connectivity index (χ3n) is 2.35. The maximum absolute atomic E-state index is 12.5. The fourth-order valence-electron chi connectivity index (χ4n) is 1.41. The number of pyridine rings is 1. The van der Waals surface area contributed by atoms with Gasteiger partial charge in [0.25, 0.3) is 6.43 Å². The highest BCUT2D eigenvalue weighted by Crippen LogP contribution is 2.19. The van der Waals surface area contributed by atoms with E-state index in [1.165, 1.54) is 12.1 Å². The molecule has 0 saturated carbocycles. The second-order valence-corrected chi connectivity index (χ2v) is 4.26. The van der Waals surface area contributed by atoms with Crippen LogP contribution in [0.1, 0.15) is 0 Å². The number of nitrogens with zero attached hydrogens (tertiary/aromatic N) is 4. The standard InChI is InChI=1S/C11H9ClF3N5O/c12-7-3-1-2-5(16-7)9-18-10(20-11(21)19-9)17-6(4-13)8(14)15/h1-3,6,8H,4H2,(H2,17,18,19,20,21). The van der Waals surface area contributed by atoms with Crippen molar-refractivity contribution in [3.05, 3.63) is 23.4 Å². The molecule has 0 aliphatic rings. The number of hydrogen-bond donors (Lipinski definition) is 2. The number of aromatic hydroxyl groups is 1. The Balaban J connectivity index is 2.33. The van der Waals surface area contributed by atoms with Gasteiger partial charge in [-0.1, -0.05) is 17.7 Å². The minimum Gasteiger partial charge on any atom is -0.479 e. The van der Waals surface area contributed by atoms with Gasteiger partial charge in [-0.3, -0.25) is 0 Å². The third-order valence-corrected chi connectivity index (χ3v) is 2.56. The Morgan fingerprint density at radius 2 is 1.95 bits per heavy atom. The quantitative estimate of drug-likeness (QED) is 0.823. The molecular formula is C11H9ClF3N5O. The monoisotopic (exact) mass is 319 g/mol. The van der Waals surface area contributed by atoms with E-state index in [4.69, 9.17) is 11.6 Å². The zero-order valence-electron chi connectivity index (χ0n) is 10.3. The minimum absolute atomic E-state index is 0.0839. The summed E-state index contributed by atoms with van der Waals surface area (Å²) in [5.41, 5.74) is 0.206. The summed E-state index contributed by atoms with van der Waals surface area (Å²) >= 11 is 5.71. The van der Waals surface area contributed by atoms with Gasteiger partial charge in [0.05, 0.1) is 0 Å². The Labute approximate surface area is 122 Å². The van der Waals surface area contributed by atoms with Crippen molar-refractivity contribution in [2.24, 2.45) is 0 Å². The van der Waals surface area contributed by atoms with Gasteiger partial charge < -0.3 is 10.4 Å².